The number of benzene rings is 2. The van der Waals surface area contributed by atoms with Crippen LogP contribution in [0.15, 0.2) is 72.1 Å². The summed E-state index contributed by atoms with van der Waals surface area (Å²) in [5.74, 6) is -0.245. The molecule has 0 bridgehead atoms. The molecule has 50 heavy (non-hydrogen) atoms. The van der Waals surface area contributed by atoms with Crippen molar-refractivity contribution in [3.63, 3.8) is 0 Å². The summed E-state index contributed by atoms with van der Waals surface area (Å²) in [5, 5.41) is 2.30. The van der Waals surface area contributed by atoms with Gasteiger partial charge in [0, 0.05) is 35.8 Å². The number of ether oxygens (including phenoxy) is 2. The molecule has 0 saturated carbocycles. The molecular formula is C43H42N4O3+2. The Morgan fingerprint density at radius 2 is 1.48 bits per heavy atom. The third-order valence-electron chi connectivity index (χ3n) is 11.9. The van der Waals surface area contributed by atoms with Gasteiger partial charge in [0.05, 0.1) is 53.3 Å². The van der Waals surface area contributed by atoms with E-state index in [1.54, 1.807) is 0 Å². The van der Waals surface area contributed by atoms with Gasteiger partial charge in [0.15, 0.2) is 5.70 Å². The van der Waals surface area contributed by atoms with Gasteiger partial charge in [-0.15, -0.1) is 0 Å². The Hall–Kier alpha value is -5.17. The van der Waals surface area contributed by atoms with Crippen LogP contribution in [0.3, 0.4) is 0 Å². The largest absolute Gasteiger partial charge is 0.553 e. The maximum atomic E-state index is 14.4. The molecule has 1 unspecified atom stereocenters. The molecule has 0 amide bonds. The SMILES string of the molecule is CCOC(=O)c1c(-c2ccccc2)c2n3c1C=C1CC(C)(C)C4=[N+]1C31n3c(c(-c5ccccc5)c(CC)c3=C(OC)C3=[N+]1C(=C2)C(C)(C)C3)=C4. The summed E-state index contributed by atoms with van der Waals surface area (Å²) in [7, 11) is 1.83. The monoisotopic (exact) mass is 662 g/mol. The predicted octanol–water partition coefficient (Wildman–Crippen LogP) is 6.52. The quantitative estimate of drug-likeness (QED) is 0.175. The molecule has 8 heterocycles. The number of methoxy groups -OCH3 is 1. The molecule has 1 atom stereocenters. The smallest absolute Gasteiger partial charge is 0.489 e. The van der Waals surface area contributed by atoms with Crippen LogP contribution in [0.25, 0.3) is 46.2 Å². The first-order valence-electron chi connectivity index (χ1n) is 18.0. The molecule has 10 rings (SSSR count). The van der Waals surface area contributed by atoms with Crippen LogP contribution < -0.4 is 10.7 Å². The van der Waals surface area contributed by atoms with Crippen LogP contribution >= 0.6 is 0 Å². The molecule has 1 spiro atoms. The second kappa shape index (κ2) is 9.53. The molecule has 0 aliphatic carbocycles. The van der Waals surface area contributed by atoms with Gasteiger partial charge in [0.25, 0.3) is 0 Å². The third kappa shape index (κ3) is 3.25. The molecule has 2 aromatic carbocycles. The molecule has 0 N–H and O–H groups in total. The van der Waals surface area contributed by atoms with Crippen LogP contribution in [-0.4, -0.2) is 49.4 Å². The summed E-state index contributed by atoms with van der Waals surface area (Å²) in [6.45, 7) is 13.9. The molecule has 0 radical (unpaired) electrons. The molecule has 4 aromatic rings. The van der Waals surface area contributed by atoms with Crippen molar-refractivity contribution in [1.29, 1.82) is 0 Å². The maximum absolute atomic E-state index is 14.4. The second-order valence-electron chi connectivity index (χ2n) is 15.7. The maximum Gasteiger partial charge on any atom is 0.553 e. The van der Waals surface area contributed by atoms with E-state index in [4.69, 9.17) is 9.47 Å². The van der Waals surface area contributed by atoms with Gasteiger partial charge >= 0.3 is 11.9 Å². The molecule has 6 aliphatic rings. The van der Waals surface area contributed by atoms with Crippen LogP contribution in [0, 0.1) is 10.8 Å². The second-order valence-corrected chi connectivity index (χ2v) is 15.7. The number of nitrogens with zero attached hydrogens (tertiary/aromatic N) is 4. The minimum Gasteiger partial charge on any atom is -0.489 e. The van der Waals surface area contributed by atoms with E-state index in [2.05, 4.69) is 126 Å². The van der Waals surface area contributed by atoms with Crippen molar-refractivity contribution in [3.05, 3.63) is 105 Å². The van der Waals surface area contributed by atoms with Crippen molar-refractivity contribution in [2.45, 2.75) is 66.7 Å². The summed E-state index contributed by atoms with van der Waals surface area (Å²) in [4.78, 5) is 14.4. The Balaban J connectivity index is 1.51. The number of carbonyl (C=O) groups excluding carboxylic acids is 1. The third-order valence-corrected chi connectivity index (χ3v) is 11.9. The van der Waals surface area contributed by atoms with E-state index < -0.39 is 5.91 Å². The van der Waals surface area contributed by atoms with Crippen molar-refractivity contribution < 1.29 is 23.4 Å². The molecule has 0 fully saturated rings. The molecule has 250 valence electrons. The summed E-state index contributed by atoms with van der Waals surface area (Å²) in [6, 6.07) is 21.2. The van der Waals surface area contributed by atoms with E-state index in [1.165, 1.54) is 44.9 Å². The molecule has 6 aliphatic heterocycles. The lowest BCUT2D eigenvalue weighted by molar-refractivity contribution is -0.838. The minimum absolute atomic E-state index is 0.158. The first-order valence-corrected chi connectivity index (χ1v) is 18.0. The van der Waals surface area contributed by atoms with Crippen LogP contribution in [-0.2, 0) is 21.8 Å². The lowest BCUT2D eigenvalue weighted by atomic mass is 9.84. The normalized spacial score (nSPS) is 22.2. The molecule has 7 heteroatoms. The fraction of sp³-hybridized carbons (Fsp3) is 0.326. The highest BCUT2D eigenvalue weighted by molar-refractivity contribution is 6.16. The van der Waals surface area contributed by atoms with E-state index in [9.17, 15) is 4.79 Å². The highest BCUT2D eigenvalue weighted by Crippen LogP contribution is 2.57. The molecular weight excluding hydrogens is 620 g/mol. The van der Waals surface area contributed by atoms with Crippen molar-refractivity contribution in [2.75, 3.05) is 13.7 Å². The Kier molecular flexibility index (Phi) is 5.67. The predicted molar refractivity (Wildman–Crippen MR) is 196 cm³/mol. The number of hydrogen-bond donors (Lipinski definition) is 0. The summed E-state index contributed by atoms with van der Waals surface area (Å²) in [5.41, 5.74) is 12.7. The number of aromatic nitrogens is 2. The molecule has 2 aromatic heterocycles. The lowest BCUT2D eigenvalue weighted by Gasteiger charge is -2.39. The molecule has 7 nitrogen and oxygen atoms in total. The first-order chi connectivity index (χ1) is 24.1. The summed E-state index contributed by atoms with van der Waals surface area (Å²) >= 11 is 0. The zero-order valence-corrected chi connectivity index (χ0v) is 29.8. The number of esters is 1. The Labute approximate surface area is 292 Å². The van der Waals surface area contributed by atoms with E-state index in [0.717, 1.165) is 52.9 Å². The summed E-state index contributed by atoms with van der Waals surface area (Å²) in [6.07, 6.45) is 9.59. The number of carbonyl (C=O) groups is 1. The number of rotatable bonds is 6. The molecule has 0 saturated heterocycles. The van der Waals surface area contributed by atoms with Crippen molar-refractivity contribution in [1.82, 2.24) is 9.13 Å². The van der Waals surface area contributed by atoms with Crippen molar-refractivity contribution in [2.24, 2.45) is 10.8 Å². The van der Waals surface area contributed by atoms with Gasteiger partial charge < -0.3 is 9.47 Å². The Morgan fingerprint density at radius 1 is 0.800 bits per heavy atom. The standard InChI is InChI=1S/C43H42N4O3/c1-8-28-35(25-16-12-10-13-17-25)30-21-33-41(3,4)23-27-20-29-37(40(48)50-9-2)36(26-18-14-11-15-19-26)31-22-34-42(5,6)24-32-39(49-7)38(28)47(30)43(44(27)33,45(29)31)46(32)34/h10-22H,8-9,23-24H2,1-7H3/q+2. The first kappa shape index (κ1) is 29.7. The van der Waals surface area contributed by atoms with Gasteiger partial charge in [-0.1, -0.05) is 76.7 Å². The van der Waals surface area contributed by atoms with E-state index in [-0.39, 0.29) is 16.8 Å². The van der Waals surface area contributed by atoms with Gasteiger partial charge in [-0.2, -0.15) is 9.13 Å². The van der Waals surface area contributed by atoms with Gasteiger partial charge in [-0.3, -0.25) is 0 Å². The van der Waals surface area contributed by atoms with Crippen LogP contribution in [0.5, 0.6) is 0 Å². The minimum atomic E-state index is -0.891. The Bertz CT molecular complexity index is 2520. The van der Waals surface area contributed by atoms with Crippen LogP contribution in [0.4, 0.5) is 0 Å². The zero-order valence-electron chi connectivity index (χ0n) is 29.8. The highest BCUT2D eigenvalue weighted by atomic mass is 16.5. The fourth-order valence-corrected chi connectivity index (χ4v) is 10.1. The van der Waals surface area contributed by atoms with Gasteiger partial charge in [-0.05, 0) is 57.7 Å². The van der Waals surface area contributed by atoms with Crippen LogP contribution in [0.2, 0.25) is 0 Å². The average Bonchev–Trinajstić information content (AvgIpc) is 3.79. The number of hydrogen-bond acceptors (Lipinski definition) is 3. The highest BCUT2D eigenvalue weighted by Gasteiger charge is 2.76. The van der Waals surface area contributed by atoms with Gasteiger partial charge in [-0.25, -0.2) is 4.79 Å². The summed E-state index contributed by atoms with van der Waals surface area (Å²) < 4.78 is 22.7. The van der Waals surface area contributed by atoms with E-state index in [1.807, 2.05) is 20.1 Å². The Morgan fingerprint density at radius 3 is 2.12 bits per heavy atom. The zero-order chi connectivity index (χ0) is 34.5. The average molecular weight is 663 g/mol. The topological polar surface area (TPSA) is 51.4 Å². The lowest BCUT2D eigenvalue weighted by Crippen LogP contribution is -2.70. The van der Waals surface area contributed by atoms with Crippen molar-refractivity contribution in [3.8, 4) is 22.3 Å². The van der Waals surface area contributed by atoms with Gasteiger partial charge in [0.2, 0.25) is 22.9 Å². The van der Waals surface area contributed by atoms with Gasteiger partial charge in [0.1, 0.15) is 5.35 Å². The fourth-order valence-electron chi connectivity index (χ4n) is 10.1. The van der Waals surface area contributed by atoms with E-state index in [0.29, 0.717) is 12.2 Å². The van der Waals surface area contributed by atoms with Crippen LogP contribution in [0.1, 0.15) is 81.7 Å². The van der Waals surface area contributed by atoms with E-state index >= 15 is 0 Å². The number of allylic oxidation sites excluding steroid dienone is 2. The van der Waals surface area contributed by atoms with Crippen molar-refractivity contribution >= 4 is 41.4 Å².